The van der Waals surface area contributed by atoms with Crippen molar-refractivity contribution in [1.82, 2.24) is 4.90 Å². The number of hydrogen-bond donors (Lipinski definition) is 1. The summed E-state index contributed by atoms with van der Waals surface area (Å²) in [6.45, 7) is 2.34. The number of nitrogens with zero attached hydrogens (tertiary/aromatic N) is 1. The second-order valence-corrected chi connectivity index (χ2v) is 5.90. The van der Waals surface area contributed by atoms with Crippen LogP contribution in [-0.4, -0.2) is 43.2 Å². The third kappa shape index (κ3) is 2.50. The molecule has 0 radical (unpaired) electrons. The Bertz CT molecular complexity index is 521. The minimum Gasteiger partial charge on any atom is -0.465 e. The van der Waals surface area contributed by atoms with Gasteiger partial charge in [-0.15, -0.1) is 0 Å². The number of benzene rings is 1. The molecule has 2 unspecified atom stereocenters. The highest BCUT2D eigenvalue weighted by molar-refractivity contribution is 6.31. The van der Waals surface area contributed by atoms with Crippen LogP contribution in [0.5, 0.6) is 0 Å². The van der Waals surface area contributed by atoms with Crippen molar-refractivity contribution in [2.24, 2.45) is 0 Å². The van der Waals surface area contributed by atoms with Crippen LogP contribution in [0.15, 0.2) is 18.2 Å². The van der Waals surface area contributed by atoms with E-state index in [9.17, 15) is 4.79 Å². The fourth-order valence-corrected chi connectivity index (χ4v) is 3.54. The van der Waals surface area contributed by atoms with Crippen LogP contribution < -0.4 is 5.32 Å². The summed E-state index contributed by atoms with van der Waals surface area (Å²) in [5.74, 6) is -0.351. The minimum atomic E-state index is -0.351. The van der Waals surface area contributed by atoms with Gasteiger partial charge in [0.15, 0.2) is 0 Å². The summed E-state index contributed by atoms with van der Waals surface area (Å²) in [5, 5.41) is 4.07. The fraction of sp³-hybridized carbons (Fsp3) is 0.533. The SMILES string of the molecule is COC(=O)c1cc(Cl)ccc1NC1CCN2CCCC12. The molecule has 0 aliphatic carbocycles. The molecule has 1 aromatic rings. The molecular formula is C15H19ClN2O2. The Hall–Kier alpha value is -1.26. The standard InChI is InChI=1S/C15H19ClN2O2/c1-20-15(19)11-9-10(16)4-5-12(11)17-13-6-8-18-7-2-3-14(13)18/h4-5,9,13-14,17H,2-3,6-8H2,1H3. The Labute approximate surface area is 124 Å². The number of halogens is 1. The van der Waals surface area contributed by atoms with E-state index in [1.807, 2.05) is 6.07 Å². The highest BCUT2D eigenvalue weighted by Crippen LogP contribution is 2.31. The van der Waals surface area contributed by atoms with Crippen LogP contribution in [0.2, 0.25) is 5.02 Å². The molecule has 5 heteroatoms. The first-order valence-corrected chi connectivity index (χ1v) is 7.45. The molecule has 0 amide bonds. The third-order valence-corrected chi connectivity index (χ3v) is 4.57. The summed E-state index contributed by atoms with van der Waals surface area (Å²) in [5.41, 5.74) is 1.33. The van der Waals surface area contributed by atoms with Crippen molar-refractivity contribution in [1.29, 1.82) is 0 Å². The van der Waals surface area contributed by atoms with Crippen LogP contribution in [0.25, 0.3) is 0 Å². The van der Waals surface area contributed by atoms with Crippen LogP contribution in [0.4, 0.5) is 5.69 Å². The Morgan fingerprint density at radius 1 is 1.40 bits per heavy atom. The molecule has 108 valence electrons. The van der Waals surface area contributed by atoms with Crippen LogP contribution in [0, 0.1) is 0 Å². The van der Waals surface area contributed by atoms with Gasteiger partial charge in [-0.25, -0.2) is 4.79 Å². The topological polar surface area (TPSA) is 41.6 Å². The maximum Gasteiger partial charge on any atom is 0.340 e. The average molecular weight is 295 g/mol. The van der Waals surface area contributed by atoms with Gasteiger partial charge in [-0.3, -0.25) is 4.90 Å². The number of fused-ring (bicyclic) bond motifs is 1. The number of rotatable bonds is 3. The number of hydrogen-bond acceptors (Lipinski definition) is 4. The van der Waals surface area contributed by atoms with E-state index in [4.69, 9.17) is 16.3 Å². The van der Waals surface area contributed by atoms with E-state index in [1.165, 1.54) is 26.5 Å². The number of anilines is 1. The van der Waals surface area contributed by atoms with Crippen LogP contribution in [0.1, 0.15) is 29.6 Å². The summed E-state index contributed by atoms with van der Waals surface area (Å²) in [7, 11) is 1.39. The molecule has 1 aromatic carbocycles. The van der Waals surface area contributed by atoms with Gasteiger partial charge in [0.05, 0.1) is 12.7 Å². The molecule has 4 nitrogen and oxygen atoms in total. The number of methoxy groups -OCH3 is 1. The predicted octanol–water partition coefficient (Wildman–Crippen LogP) is 2.78. The van der Waals surface area contributed by atoms with Gasteiger partial charge >= 0.3 is 5.97 Å². The Kier molecular flexibility index (Phi) is 3.85. The van der Waals surface area contributed by atoms with Crippen molar-refractivity contribution in [2.75, 3.05) is 25.5 Å². The van der Waals surface area contributed by atoms with Crippen molar-refractivity contribution >= 4 is 23.3 Å². The third-order valence-electron chi connectivity index (χ3n) is 4.33. The number of nitrogens with one attached hydrogen (secondary N) is 1. The zero-order valence-electron chi connectivity index (χ0n) is 11.6. The van der Waals surface area contributed by atoms with Gasteiger partial charge in [0.1, 0.15) is 0 Å². The lowest BCUT2D eigenvalue weighted by molar-refractivity contribution is 0.0601. The van der Waals surface area contributed by atoms with Crippen molar-refractivity contribution in [3.63, 3.8) is 0 Å². The maximum atomic E-state index is 11.9. The Balaban J connectivity index is 1.82. The molecular weight excluding hydrogens is 276 g/mol. The summed E-state index contributed by atoms with van der Waals surface area (Å²) in [6.07, 6.45) is 3.63. The molecule has 0 bridgehead atoms. The molecule has 1 N–H and O–H groups in total. The van der Waals surface area contributed by atoms with Gasteiger partial charge in [-0.1, -0.05) is 11.6 Å². The highest BCUT2D eigenvalue weighted by Gasteiger charge is 2.37. The Morgan fingerprint density at radius 2 is 2.25 bits per heavy atom. The second-order valence-electron chi connectivity index (χ2n) is 5.47. The normalized spacial score (nSPS) is 25.5. The van der Waals surface area contributed by atoms with Crippen LogP contribution in [-0.2, 0) is 4.74 Å². The van der Waals surface area contributed by atoms with Gasteiger partial charge < -0.3 is 10.1 Å². The monoisotopic (exact) mass is 294 g/mol. The lowest BCUT2D eigenvalue weighted by Gasteiger charge is -2.23. The van der Waals surface area contributed by atoms with E-state index < -0.39 is 0 Å². The maximum absolute atomic E-state index is 11.9. The van der Waals surface area contributed by atoms with Gasteiger partial charge in [0, 0.05) is 29.3 Å². The lowest BCUT2D eigenvalue weighted by atomic mass is 10.1. The van der Waals surface area contributed by atoms with E-state index in [1.54, 1.807) is 12.1 Å². The van der Waals surface area contributed by atoms with Crippen LogP contribution in [0.3, 0.4) is 0 Å². The van der Waals surface area contributed by atoms with Crippen molar-refractivity contribution in [2.45, 2.75) is 31.3 Å². The quantitative estimate of drug-likeness (QED) is 0.871. The molecule has 2 atom stereocenters. The van der Waals surface area contributed by atoms with Gasteiger partial charge in [0.2, 0.25) is 0 Å². The largest absolute Gasteiger partial charge is 0.465 e. The summed E-state index contributed by atoms with van der Waals surface area (Å²) in [4.78, 5) is 14.4. The minimum absolute atomic E-state index is 0.351. The number of ether oxygens (including phenoxy) is 1. The van der Waals surface area contributed by atoms with E-state index in [2.05, 4.69) is 10.2 Å². The van der Waals surface area contributed by atoms with Gasteiger partial charge in [-0.05, 0) is 44.0 Å². The number of carbonyl (C=O) groups is 1. The van der Waals surface area contributed by atoms with E-state index >= 15 is 0 Å². The zero-order chi connectivity index (χ0) is 14.1. The first kappa shape index (κ1) is 13.7. The molecule has 2 saturated heterocycles. The zero-order valence-corrected chi connectivity index (χ0v) is 12.3. The van der Waals surface area contributed by atoms with Gasteiger partial charge in [0.25, 0.3) is 0 Å². The Morgan fingerprint density at radius 3 is 3.05 bits per heavy atom. The predicted molar refractivity (Wildman–Crippen MR) is 79.4 cm³/mol. The summed E-state index contributed by atoms with van der Waals surface area (Å²) >= 11 is 5.98. The molecule has 0 spiro atoms. The first-order valence-electron chi connectivity index (χ1n) is 7.07. The highest BCUT2D eigenvalue weighted by atomic mass is 35.5. The molecule has 2 fully saturated rings. The number of carbonyl (C=O) groups excluding carboxylic acids is 1. The average Bonchev–Trinajstić information content (AvgIpc) is 3.04. The molecule has 0 saturated carbocycles. The van der Waals surface area contributed by atoms with E-state index in [0.717, 1.165) is 18.7 Å². The van der Waals surface area contributed by atoms with Gasteiger partial charge in [-0.2, -0.15) is 0 Å². The van der Waals surface area contributed by atoms with Crippen molar-refractivity contribution < 1.29 is 9.53 Å². The molecule has 3 rings (SSSR count). The molecule has 0 aromatic heterocycles. The molecule has 2 aliphatic rings. The summed E-state index contributed by atoms with van der Waals surface area (Å²) < 4.78 is 4.84. The summed E-state index contributed by atoms with van der Waals surface area (Å²) in [6, 6.07) is 6.33. The smallest absolute Gasteiger partial charge is 0.340 e. The van der Waals surface area contributed by atoms with Crippen molar-refractivity contribution in [3.8, 4) is 0 Å². The molecule has 2 aliphatic heterocycles. The lowest BCUT2D eigenvalue weighted by Crippen LogP contribution is -2.34. The van der Waals surface area contributed by atoms with E-state index in [0.29, 0.717) is 22.7 Å². The first-order chi connectivity index (χ1) is 9.69. The van der Waals surface area contributed by atoms with Crippen molar-refractivity contribution in [3.05, 3.63) is 28.8 Å². The van der Waals surface area contributed by atoms with E-state index in [-0.39, 0.29) is 5.97 Å². The number of esters is 1. The fourth-order valence-electron chi connectivity index (χ4n) is 3.37. The van der Waals surface area contributed by atoms with Crippen LogP contribution >= 0.6 is 11.6 Å². The molecule has 2 heterocycles. The molecule has 20 heavy (non-hydrogen) atoms. The second kappa shape index (κ2) is 5.62.